The summed E-state index contributed by atoms with van der Waals surface area (Å²) in [6, 6.07) is 8.92. The van der Waals surface area contributed by atoms with E-state index in [0.29, 0.717) is 18.4 Å². The van der Waals surface area contributed by atoms with E-state index in [0.717, 1.165) is 0 Å². The van der Waals surface area contributed by atoms with Crippen molar-refractivity contribution in [2.24, 2.45) is 0 Å². The van der Waals surface area contributed by atoms with Gasteiger partial charge in [0, 0.05) is 13.3 Å². The zero-order valence-electron chi connectivity index (χ0n) is 11.4. The number of carbonyl (C=O) groups is 2. The van der Waals surface area contributed by atoms with Gasteiger partial charge < -0.3 is 9.47 Å². The molecule has 0 atom stereocenters. The Hall–Kier alpha value is -1.84. The third kappa shape index (κ3) is 2.01. The van der Waals surface area contributed by atoms with Gasteiger partial charge in [-0.1, -0.05) is 44.2 Å². The molecule has 0 unspecified atom stereocenters. The Bertz CT molecular complexity index is 474. The molecule has 0 aliphatic carbocycles. The van der Waals surface area contributed by atoms with E-state index >= 15 is 0 Å². The first-order chi connectivity index (χ1) is 8.98. The molecule has 102 valence electrons. The lowest BCUT2D eigenvalue weighted by Crippen LogP contribution is -2.57. The van der Waals surface area contributed by atoms with Gasteiger partial charge in [-0.2, -0.15) is 0 Å². The number of cyclic esters (lactones) is 2. The number of rotatable bonds is 3. The van der Waals surface area contributed by atoms with Crippen LogP contribution in [-0.2, 0) is 24.5 Å². The maximum atomic E-state index is 12.4. The van der Waals surface area contributed by atoms with Crippen LogP contribution in [0.25, 0.3) is 0 Å². The zero-order chi connectivity index (χ0) is 14.1. The van der Waals surface area contributed by atoms with E-state index in [-0.39, 0.29) is 0 Å². The van der Waals surface area contributed by atoms with E-state index in [1.165, 1.54) is 0 Å². The summed E-state index contributed by atoms with van der Waals surface area (Å²) < 4.78 is 10.7. The molecule has 0 aromatic heterocycles. The standard InChI is InChI=1S/C15H18O4/c1-4-14(3)18-12(16)15(5-2,13(17)19-14)11-9-7-6-8-10-11/h6-10H,4-5H2,1-3H3. The van der Waals surface area contributed by atoms with Gasteiger partial charge in [-0.25, -0.2) is 0 Å². The van der Waals surface area contributed by atoms with Crippen molar-refractivity contribution in [2.45, 2.75) is 44.8 Å². The van der Waals surface area contributed by atoms with E-state index in [2.05, 4.69) is 0 Å². The lowest BCUT2D eigenvalue weighted by molar-refractivity contribution is -0.250. The Morgan fingerprint density at radius 1 is 0.947 bits per heavy atom. The molecule has 1 aliphatic rings. The number of carbonyl (C=O) groups excluding carboxylic acids is 2. The molecule has 1 aromatic carbocycles. The second-order valence-corrected chi connectivity index (χ2v) is 4.89. The number of hydrogen-bond acceptors (Lipinski definition) is 4. The summed E-state index contributed by atoms with van der Waals surface area (Å²) >= 11 is 0. The van der Waals surface area contributed by atoms with E-state index in [1.54, 1.807) is 38.1 Å². The second kappa shape index (κ2) is 4.68. The zero-order valence-corrected chi connectivity index (χ0v) is 11.4. The third-order valence-corrected chi connectivity index (χ3v) is 3.75. The highest BCUT2D eigenvalue weighted by molar-refractivity contribution is 6.07. The van der Waals surface area contributed by atoms with E-state index in [4.69, 9.17) is 9.47 Å². The largest absolute Gasteiger partial charge is 0.422 e. The Balaban J connectivity index is 2.48. The number of hydrogen-bond donors (Lipinski definition) is 0. The maximum absolute atomic E-state index is 12.4. The average molecular weight is 262 g/mol. The van der Waals surface area contributed by atoms with Crippen molar-refractivity contribution in [1.29, 1.82) is 0 Å². The van der Waals surface area contributed by atoms with Crippen molar-refractivity contribution in [3.63, 3.8) is 0 Å². The highest BCUT2D eigenvalue weighted by Crippen LogP contribution is 2.39. The summed E-state index contributed by atoms with van der Waals surface area (Å²) in [6.45, 7) is 5.19. The molecule has 0 amide bonds. The first-order valence-corrected chi connectivity index (χ1v) is 6.51. The maximum Gasteiger partial charge on any atom is 0.331 e. The smallest absolute Gasteiger partial charge is 0.331 e. The fraction of sp³-hybridized carbons (Fsp3) is 0.467. The highest BCUT2D eigenvalue weighted by Gasteiger charge is 2.56. The predicted octanol–water partition coefficient (Wildman–Crippen LogP) is 2.56. The average Bonchev–Trinajstić information content (AvgIpc) is 2.40. The van der Waals surface area contributed by atoms with Crippen LogP contribution in [0.15, 0.2) is 30.3 Å². The van der Waals surface area contributed by atoms with Gasteiger partial charge in [0.1, 0.15) is 0 Å². The van der Waals surface area contributed by atoms with E-state index < -0.39 is 23.1 Å². The normalized spacial score (nSPS) is 30.7. The van der Waals surface area contributed by atoms with Crippen LogP contribution in [0.5, 0.6) is 0 Å². The van der Waals surface area contributed by atoms with Gasteiger partial charge in [0.25, 0.3) is 5.79 Å². The minimum atomic E-state index is -1.34. The Labute approximate surface area is 112 Å². The SMILES string of the molecule is CCC1(C)OC(=O)C(CC)(c2ccccc2)C(=O)O1. The molecule has 1 saturated heterocycles. The Morgan fingerprint density at radius 2 is 1.47 bits per heavy atom. The molecule has 0 radical (unpaired) electrons. The Kier molecular flexibility index (Phi) is 3.35. The molecule has 0 saturated carbocycles. The third-order valence-electron chi connectivity index (χ3n) is 3.75. The molecule has 2 rings (SSSR count). The summed E-state index contributed by atoms with van der Waals surface area (Å²) in [6.07, 6.45) is 0.744. The number of ether oxygens (including phenoxy) is 2. The molecule has 1 heterocycles. The lowest BCUT2D eigenvalue weighted by atomic mass is 9.77. The fourth-order valence-electron chi connectivity index (χ4n) is 2.27. The Morgan fingerprint density at radius 3 is 1.89 bits per heavy atom. The summed E-state index contributed by atoms with van der Waals surface area (Å²) in [5, 5.41) is 0. The van der Waals surface area contributed by atoms with Gasteiger partial charge in [0.05, 0.1) is 0 Å². The van der Waals surface area contributed by atoms with Crippen LogP contribution in [0.4, 0.5) is 0 Å². The van der Waals surface area contributed by atoms with Crippen molar-refractivity contribution >= 4 is 11.9 Å². The van der Waals surface area contributed by atoms with Crippen LogP contribution in [0.3, 0.4) is 0 Å². The molecule has 0 bridgehead atoms. The number of esters is 2. The first-order valence-electron chi connectivity index (χ1n) is 6.51. The van der Waals surface area contributed by atoms with Crippen molar-refractivity contribution in [3.05, 3.63) is 35.9 Å². The van der Waals surface area contributed by atoms with E-state index in [1.807, 2.05) is 13.0 Å². The molecular formula is C15H18O4. The molecule has 4 heteroatoms. The predicted molar refractivity (Wildman–Crippen MR) is 69.3 cm³/mol. The van der Waals surface area contributed by atoms with Crippen molar-refractivity contribution in [2.75, 3.05) is 0 Å². The number of benzene rings is 1. The lowest BCUT2D eigenvalue weighted by Gasteiger charge is -2.41. The van der Waals surface area contributed by atoms with Gasteiger partial charge >= 0.3 is 11.9 Å². The molecular weight excluding hydrogens is 244 g/mol. The van der Waals surface area contributed by atoms with Gasteiger partial charge in [0.2, 0.25) is 0 Å². The summed E-state index contributed by atoms with van der Waals surface area (Å²) in [4.78, 5) is 24.8. The summed E-state index contributed by atoms with van der Waals surface area (Å²) in [7, 11) is 0. The van der Waals surface area contributed by atoms with Crippen molar-refractivity contribution in [1.82, 2.24) is 0 Å². The highest BCUT2D eigenvalue weighted by atomic mass is 16.7. The molecule has 0 N–H and O–H groups in total. The van der Waals surface area contributed by atoms with Gasteiger partial charge in [-0.05, 0) is 12.0 Å². The molecule has 4 nitrogen and oxygen atoms in total. The van der Waals surface area contributed by atoms with Crippen LogP contribution in [0.1, 0.15) is 39.2 Å². The molecule has 19 heavy (non-hydrogen) atoms. The quantitative estimate of drug-likeness (QED) is 0.620. The van der Waals surface area contributed by atoms with Crippen LogP contribution in [0, 0.1) is 0 Å². The van der Waals surface area contributed by atoms with Crippen molar-refractivity contribution < 1.29 is 19.1 Å². The summed E-state index contributed by atoms with van der Waals surface area (Å²) in [5.41, 5.74) is -0.721. The monoisotopic (exact) mass is 262 g/mol. The molecule has 0 spiro atoms. The second-order valence-electron chi connectivity index (χ2n) is 4.89. The molecule has 1 aromatic rings. The van der Waals surface area contributed by atoms with Crippen LogP contribution in [-0.4, -0.2) is 17.7 Å². The minimum Gasteiger partial charge on any atom is -0.422 e. The van der Waals surface area contributed by atoms with E-state index in [9.17, 15) is 9.59 Å². The fourth-order valence-corrected chi connectivity index (χ4v) is 2.27. The first kappa shape index (κ1) is 13.6. The topological polar surface area (TPSA) is 52.6 Å². The van der Waals surface area contributed by atoms with Gasteiger partial charge in [0.15, 0.2) is 5.41 Å². The van der Waals surface area contributed by atoms with Gasteiger partial charge in [-0.15, -0.1) is 0 Å². The van der Waals surface area contributed by atoms with Crippen LogP contribution < -0.4 is 0 Å². The van der Waals surface area contributed by atoms with Gasteiger partial charge in [-0.3, -0.25) is 9.59 Å². The summed E-state index contributed by atoms with van der Waals surface area (Å²) in [5.74, 6) is -2.20. The van der Waals surface area contributed by atoms with Crippen LogP contribution in [0.2, 0.25) is 0 Å². The minimum absolute atomic E-state index is 0.314. The molecule has 1 fully saturated rings. The van der Waals surface area contributed by atoms with Crippen LogP contribution >= 0.6 is 0 Å². The van der Waals surface area contributed by atoms with Crippen molar-refractivity contribution in [3.8, 4) is 0 Å². The molecule has 1 aliphatic heterocycles.